The zero-order valence-electron chi connectivity index (χ0n) is 7.94. The summed E-state index contributed by atoms with van der Waals surface area (Å²) in [6, 6.07) is 5.90. The Kier molecular flexibility index (Phi) is 4.71. The average Bonchev–Trinajstić information content (AvgIpc) is 2.21. The van der Waals surface area contributed by atoms with Crippen LogP contribution in [0.2, 0.25) is 0 Å². The normalized spacial score (nSPS) is 11.5. The predicted molar refractivity (Wildman–Crippen MR) is 61.5 cm³/mol. The van der Waals surface area contributed by atoms with E-state index < -0.39 is 5.97 Å². The summed E-state index contributed by atoms with van der Waals surface area (Å²) in [7, 11) is 0. The number of benzene rings is 1. The van der Waals surface area contributed by atoms with E-state index in [9.17, 15) is 9.18 Å². The zero-order chi connectivity index (χ0) is 11.3. The zero-order valence-corrected chi connectivity index (χ0v) is 9.57. The van der Waals surface area contributed by atoms with Gasteiger partial charge in [0.05, 0.1) is 4.91 Å². The van der Waals surface area contributed by atoms with Crippen LogP contribution in [0, 0.1) is 5.82 Å². The fourth-order valence-corrected chi connectivity index (χ4v) is 2.16. The second kappa shape index (κ2) is 5.82. The molecule has 0 spiro atoms. The minimum Gasteiger partial charge on any atom is -0.477 e. The van der Waals surface area contributed by atoms with Crippen molar-refractivity contribution in [3.63, 3.8) is 0 Å². The third-order valence-electron chi connectivity index (χ3n) is 1.55. The number of carboxylic acids is 1. The lowest BCUT2D eigenvalue weighted by atomic mass is 10.4. The van der Waals surface area contributed by atoms with Crippen LogP contribution < -0.4 is 0 Å². The smallest absolute Gasteiger partial charge is 0.342 e. The van der Waals surface area contributed by atoms with Crippen molar-refractivity contribution >= 4 is 29.5 Å². The predicted octanol–water partition coefficient (Wildman–Crippen LogP) is 3.21. The van der Waals surface area contributed by atoms with Crippen LogP contribution in [-0.2, 0) is 4.79 Å². The molecular weight excluding hydrogens is 235 g/mol. The molecule has 0 aliphatic carbocycles. The van der Waals surface area contributed by atoms with Gasteiger partial charge in [-0.1, -0.05) is 11.8 Å². The van der Waals surface area contributed by atoms with Crippen LogP contribution >= 0.6 is 23.5 Å². The quantitative estimate of drug-likeness (QED) is 0.652. The lowest BCUT2D eigenvalue weighted by Crippen LogP contribution is -1.94. The summed E-state index contributed by atoms with van der Waals surface area (Å²) in [5, 5.41) is 10.3. The van der Waals surface area contributed by atoms with Crippen molar-refractivity contribution in [2.75, 3.05) is 6.26 Å². The molecule has 0 fully saturated rings. The first-order chi connectivity index (χ1) is 7.13. The molecule has 15 heavy (non-hydrogen) atoms. The summed E-state index contributed by atoms with van der Waals surface area (Å²) in [6.45, 7) is 0. The van der Waals surface area contributed by atoms with Gasteiger partial charge in [-0.2, -0.15) is 0 Å². The maximum atomic E-state index is 12.6. The van der Waals surface area contributed by atoms with Gasteiger partial charge in [0, 0.05) is 4.90 Å². The van der Waals surface area contributed by atoms with Gasteiger partial charge < -0.3 is 5.11 Å². The van der Waals surface area contributed by atoms with Crippen molar-refractivity contribution in [2.24, 2.45) is 0 Å². The summed E-state index contributed by atoms with van der Waals surface area (Å²) in [6.07, 6.45) is 1.70. The first-order valence-corrected chi connectivity index (χ1v) is 6.13. The van der Waals surface area contributed by atoms with Crippen molar-refractivity contribution in [1.29, 1.82) is 0 Å². The van der Waals surface area contributed by atoms with Gasteiger partial charge in [-0.05, 0) is 35.9 Å². The van der Waals surface area contributed by atoms with Crippen LogP contribution in [0.25, 0.3) is 0 Å². The monoisotopic (exact) mass is 244 g/mol. The molecule has 0 aliphatic heterocycles. The lowest BCUT2D eigenvalue weighted by molar-refractivity contribution is -0.131. The standard InChI is InChI=1S/C10H9FO2S2/c1-14-9(10(12)13)6-15-8-4-2-7(11)3-5-8/h2-6H,1H3,(H,12,13)/b9-6-. The highest BCUT2D eigenvalue weighted by Crippen LogP contribution is 2.24. The maximum Gasteiger partial charge on any atom is 0.342 e. The van der Waals surface area contributed by atoms with E-state index in [0.29, 0.717) is 0 Å². The molecule has 1 aromatic rings. The van der Waals surface area contributed by atoms with Crippen LogP contribution in [0.5, 0.6) is 0 Å². The van der Waals surface area contributed by atoms with Gasteiger partial charge in [-0.3, -0.25) is 0 Å². The first-order valence-electron chi connectivity index (χ1n) is 4.03. The number of aliphatic carboxylic acids is 1. The van der Waals surface area contributed by atoms with Crippen molar-refractivity contribution in [3.05, 3.63) is 40.4 Å². The molecule has 1 N–H and O–H groups in total. The molecule has 0 bridgehead atoms. The number of carbonyl (C=O) groups is 1. The fraction of sp³-hybridized carbons (Fsp3) is 0.100. The van der Waals surface area contributed by atoms with E-state index in [0.717, 1.165) is 4.90 Å². The Bertz CT molecular complexity index is 374. The topological polar surface area (TPSA) is 37.3 Å². The second-order valence-corrected chi connectivity index (χ2v) is 4.35. The van der Waals surface area contributed by atoms with E-state index in [1.54, 1.807) is 23.8 Å². The summed E-state index contributed by atoms with van der Waals surface area (Å²) < 4.78 is 12.6. The summed E-state index contributed by atoms with van der Waals surface area (Å²) in [5.74, 6) is -1.25. The molecule has 1 aromatic carbocycles. The Morgan fingerprint density at radius 1 is 1.40 bits per heavy atom. The number of hydrogen-bond acceptors (Lipinski definition) is 3. The summed E-state index contributed by atoms with van der Waals surface area (Å²) in [4.78, 5) is 11.7. The highest BCUT2D eigenvalue weighted by atomic mass is 32.2. The Balaban J connectivity index is 2.70. The molecule has 0 aliphatic rings. The lowest BCUT2D eigenvalue weighted by Gasteiger charge is -1.98. The van der Waals surface area contributed by atoms with Crippen LogP contribution in [0.15, 0.2) is 39.5 Å². The Hall–Kier alpha value is -0.940. The minimum atomic E-state index is -0.947. The van der Waals surface area contributed by atoms with E-state index >= 15 is 0 Å². The molecule has 0 atom stereocenters. The van der Waals surface area contributed by atoms with E-state index in [4.69, 9.17) is 5.11 Å². The highest BCUT2D eigenvalue weighted by molar-refractivity contribution is 8.06. The Morgan fingerprint density at radius 3 is 2.47 bits per heavy atom. The van der Waals surface area contributed by atoms with Gasteiger partial charge in [0.1, 0.15) is 5.82 Å². The molecule has 0 saturated carbocycles. The highest BCUT2D eigenvalue weighted by Gasteiger charge is 2.04. The maximum absolute atomic E-state index is 12.6. The van der Waals surface area contributed by atoms with E-state index in [1.807, 2.05) is 0 Å². The van der Waals surface area contributed by atoms with Gasteiger partial charge in [0.15, 0.2) is 0 Å². The number of rotatable bonds is 4. The molecular formula is C10H9FO2S2. The van der Waals surface area contributed by atoms with Gasteiger partial charge in [0.2, 0.25) is 0 Å². The fourth-order valence-electron chi connectivity index (χ4n) is 0.821. The molecule has 0 amide bonds. The molecule has 80 valence electrons. The molecule has 1 rings (SSSR count). The van der Waals surface area contributed by atoms with Gasteiger partial charge >= 0.3 is 5.97 Å². The van der Waals surface area contributed by atoms with Gasteiger partial charge in [-0.25, -0.2) is 9.18 Å². The van der Waals surface area contributed by atoms with Crippen LogP contribution in [0.1, 0.15) is 0 Å². The third-order valence-corrected chi connectivity index (χ3v) is 3.33. The van der Waals surface area contributed by atoms with Gasteiger partial charge in [-0.15, -0.1) is 11.8 Å². The minimum absolute atomic E-state index is 0.268. The Labute approximate surface area is 95.6 Å². The molecule has 0 unspecified atom stereocenters. The van der Waals surface area contributed by atoms with Crippen LogP contribution in [0.4, 0.5) is 4.39 Å². The van der Waals surface area contributed by atoms with Crippen molar-refractivity contribution in [1.82, 2.24) is 0 Å². The van der Waals surface area contributed by atoms with Crippen molar-refractivity contribution in [3.8, 4) is 0 Å². The third kappa shape index (κ3) is 3.97. The molecule has 2 nitrogen and oxygen atoms in total. The first kappa shape index (κ1) is 12.1. The molecule has 0 saturated heterocycles. The second-order valence-electron chi connectivity index (χ2n) is 2.56. The van der Waals surface area contributed by atoms with E-state index in [2.05, 4.69) is 0 Å². The SMILES string of the molecule is CS/C(=C\Sc1ccc(F)cc1)C(=O)O. The molecule has 0 heterocycles. The number of hydrogen-bond donors (Lipinski definition) is 1. The molecule has 5 heteroatoms. The Morgan fingerprint density at radius 2 is 2.00 bits per heavy atom. The van der Waals surface area contributed by atoms with Crippen LogP contribution in [-0.4, -0.2) is 17.3 Å². The van der Waals surface area contributed by atoms with Crippen molar-refractivity contribution < 1.29 is 14.3 Å². The van der Waals surface area contributed by atoms with E-state index in [-0.39, 0.29) is 10.7 Å². The number of carboxylic acid groups (broad SMARTS) is 1. The van der Waals surface area contributed by atoms with Crippen LogP contribution in [0.3, 0.4) is 0 Å². The van der Waals surface area contributed by atoms with Gasteiger partial charge in [0.25, 0.3) is 0 Å². The summed E-state index contributed by atoms with van der Waals surface area (Å²) in [5.41, 5.74) is 0. The summed E-state index contributed by atoms with van der Waals surface area (Å²) >= 11 is 2.43. The molecule has 0 aromatic heterocycles. The molecule has 0 radical (unpaired) electrons. The average molecular weight is 244 g/mol. The largest absolute Gasteiger partial charge is 0.477 e. The number of halogens is 1. The number of thioether (sulfide) groups is 2. The van der Waals surface area contributed by atoms with Crippen molar-refractivity contribution in [2.45, 2.75) is 4.90 Å². The van der Waals surface area contributed by atoms with E-state index in [1.165, 1.54) is 35.7 Å².